The number of carbonyl (C=O) groups is 1. The topological polar surface area (TPSA) is 67.8 Å². The maximum atomic E-state index is 11.5. The number of carbonyl (C=O) groups excluding carboxylic acids is 1. The maximum absolute atomic E-state index is 11.5. The fourth-order valence-corrected chi connectivity index (χ4v) is 1.71. The number of rotatable bonds is 3. The molecule has 0 atom stereocenters. The van der Waals surface area contributed by atoms with Crippen molar-refractivity contribution in [1.82, 2.24) is 14.8 Å². The van der Waals surface area contributed by atoms with Crippen molar-refractivity contribution < 1.29 is 4.79 Å². The molecule has 2 rings (SSSR count). The number of hydrogen-bond acceptors (Lipinski definition) is 4. The van der Waals surface area contributed by atoms with Gasteiger partial charge in [-0.3, -0.25) is 9.36 Å². The van der Waals surface area contributed by atoms with Crippen molar-refractivity contribution in [3.05, 3.63) is 39.2 Å². The fraction of sp³-hybridized carbons (Fsp3) is 0.125. The lowest BCUT2D eigenvalue weighted by molar-refractivity contribution is 0.0975. The Hall–Kier alpha value is -1.69. The van der Waals surface area contributed by atoms with Crippen LogP contribution in [0.15, 0.2) is 28.6 Å². The molecular formula is C8H7N3O2S. The van der Waals surface area contributed by atoms with Crippen LogP contribution in [0.5, 0.6) is 0 Å². The minimum absolute atomic E-state index is 0.0375. The van der Waals surface area contributed by atoms with Gasteiger partial charge in [-0.1, -0.05) is 6.07 Å². The standard InChI is InChI=1S/C8H7N3O2S/c12-6(7-2-1-3-14-7)4-11-5-9-10-8(11)13/h1-3,5H,4H2,(H,10,13). The first kappa shape index (κ1) is 8.89. The molecule has 0 amide bonds. The van der Waals surface area contributed by atoms with Gasteiger partial charge in [0.1, 0.15) is 6.33 Å². The number of ketones is 1. The summed E-state index contributed by atoms with van der Waals surface area (Å²) < 4.78 is 1.24. The molecular weight excluding hydrogens is 202 g/mol. The van der Waals surface area contributed by atoms with E-state index in [1.165, 1.54) is 22.2 Å². The van der Waals surface area contributed by atoms with Gasteiger partial charge in [-0.2, -0.15) is 5.10 Å². The molecule has 0 saturated carbocycles. The number of nitrogens with zero attached hydrogens (tertiary/aromatic N) is 2. The molecule has 2 aromatic heterocycles. The van der Waals surface area contributed by atoms with E-state index in [1.54, 1.807) is 12.1 Å². The van der Waals surface area contributed by atoms with Crippen LogP contribution in [-0.2, 0) is 6.54 Å². The van der Waals surface area contributed by atoms with Crippen LogP contribution in [0, 0.1) is 0 Å². The highest BCUT2D eigenvalue weighted by atomic mass is 32.1. The Morgan fingerprint density at radius 2 is 2.50 bits per heavy atom. The summed E-state index contributed by atoms with van der Waals surface area (Å²) in [4.78, 5) is 23.2. The highest BCUT2D eigenvalue weighted by Crippen LogP contribution is 2.09. The van der Waals surface area contributed by atoms with Crippen molar-refractivity contribution in [2.24, 2.45) is 0 Å². The van der Waals surface area contributed by atoms with E-state index >= 15 is 0 Å². The number of aromatic nitrogens is 3. The molecule has 0 aliphatic heterocycles. The zero-order valence-electron chi connectivity index (χ0n) is 7.14. The molecule has 0 unspecified atom stereocenters. The van der Waals surface area contributed by atoms with Crippen LogP contribution < -0.4 is 5.69 Å². The van der Waals surface area contributed by atoms with E-state index in [1.807, 2.05) is 5.38 Å². The summed E-state index contributed by atoms with van der Waals surface area (Å²) in [7, 11) is 0. The van der Waals surface area contributed by atoms with Crippen LogP contribution in [0.25, 0.3) is 0 Å². The molecule has 0 fully saturated rings. The van der Waals surface area contributed by atoms with Gasteiger partial charge in [-0.15, -0.1) is 11.3 Å². The molecule has 0 aliphatic carbocycles. The number of aromatic amines is 1. The lowest BCUT2D eigenvalue weighted by atomic mass is 10.3. The van der Waals surface area contributed by atoms with Crippen LogP contribution >= 0.6 is 11.3 Å². The molecule has 14 heavy (non-hydrogen) atoms. The molecule has 5 nitrogen and oxygen atoms in total. The average molecular weight is 209 g/mol. The first-order chi connectivity index (χ1) is 6.77. The Bertz CT molecular complexity index is 483. The lowest BCUT2D eigenvalue weighted by Crippen LogP contribution is -2.20. The van der Waals surface area contributed by atoms with Crippen LogP contribution in [0.1, 0.15) is 9.67 Å². The molecule has 0 saturated heterocycles. The highest BCUT2D eigenvalue weighted by molar-refractivity contribution is 7.12. The molecule has 0 spiro atoms. The van der Waals surface area contributed by atoms with Crippen molar-refractivity contribution >= 4 is 17.1 Å². The smallest absolute Gasteiger partial charge is 0.291 e. The van der Waals surface area contributed by atoms with Gasteiger partial charge >= 0.3 is 5.69 Å². The Labute approximate surface area is 83.0 Å². The van der Waals surface area contributed by atoms with E-state index in [4.69, 9.17) is 0 Å². The third-order valence-corrected chi connectivity index (χ3v) is 2.64. The van der Waals surface area contributed by atoms with E-state index in [2.05, 4.69) is 10.2 Å². The lowest BCUT2D eigenvalue weighted by Gasteiger charge is -1.96. The zero-order chi connectivity index (χ0) is 9.97. The molecule has 2 heterocycles. The van der Waals surface area contributed by atoms with Crippen LogP contribution in [0.4, 0.5) is 0 Å². The maximum Gasteiger partial charge on any atom is 0.343 e. The van der Waals surface area contributed by atoms with Crippen molar-refractivity contribution in [2.45, 2.75) is 6.54 Å². The molecule has 0 aliphatic rings. The number of nitrogens with one attached hydrogen (secondary N) is 1. The van der Waals surface area contributed by atoms with Crippen LogP contribution in [0.2, 0.25) is 0 Å². The Morgan fingerprint density at radius 3 is 3.07 bits per heavy atom. The van der Waals surface area contributed by atoms with Crippen molar-refractivity contribution in [2.75, 3.05) is 0 Å². The molecule has 72 valence electrons. The molecule has 0 radical (unpaired) electrons. The highest BCUT2D eigenvalue weighted by Gasteiger charge is 2.08. The second-order valence-electron chi connectivity index (χ2n) is 2.69. The summed E-state index contributed by atoms with van der Waals surface area (Å²) in [5.74, 6) is -0.0801. The fourth-order valence-electron chi connectivity index (χ4n) is 1.05. The van der Waals surface area contributed by atoms with E-state index in [9.17, 15) is 9.59 Å². The van der Waals surface area contributed by atoms with Crippen LogP contribution in [-0.4, -0.2) is 20.5 Å². The zero-order valence-corrected chi connectivity index (χ0v) is 7.95. The Morgan fingerprint density at radius 1 is 1.64 bits per heavy atom. The summed E-state index contributed by atoms with van der Waals surface area (Å²) in [5, 5.41) is 7.59. The number of thiophene rings is 1. The number of H-pyrrole nitrogens is 1. The Kier molecular flexibility index (Phi) is 2.28. The minimum atomic E-state index is -0.366. The van der Waals surface area contributed by atoms with Gasteiger partial charge in [0, 0.05) is 0 Å². The summed E-state index contributed by atoms with van der Waals surface area (Å²) in [5.41, 5.74) is -0.366. The predicted octanol–water partition coefficient (Wildman–Crippen LogP) is 0.516. The monoisotopic (exact) mass is 209 g/mol. The number of hydrogen-bond donors (Lipinski definition) is 1. The molecule has 1 N–H and O–H groups in total. The van der Waals surface area contributed by atoms with Gasteiger partial charge in [0.05, 0.1) is 11.4 Å². The van der Waals surface area contributed by atoms with Gasteiger partial charge in [0.2, 0.25) is 0 Å². The summed E-state index contributed by atoms with van der Waals surface area (Å²) in [6.45, 7) is 0.0375. The minimum Gasteiger partial charge on any atom is -0.291 e. The Balaban J connectivity index is 2.17. The predicted molar refractivity (Wildman–Crippen MR) is 51.5 cm³/mol. The first-order valence-electron chi connectivity index (χ1n) is 3.94. The van der Waals surface area contributed by atoms with Gasteiger partial charge in [0.25, 0.3) is 0 Å². The largest absolute Gasteiger partial charge is 0.343 e. The number of Topliss-reactive ketones (excluding diaryl/α,β-unsaturated/α-hetero) is 1. The summed E-state index contributed by atoms with van der Waals surface area (Å²) >= 11 is 1.36. The van der Waals surface area contributed by atoms with Gasteiger partial charge in [-0.05, 0) is 11.4 Å². The molecule has 0 aromatic carbocycles. The van der Waals surface area contributed by atoms with E-state index in [0.717, 1.165) is 0 Å². The quantitative estimate of drug-likeness (QED) is 0.749. The van der Waals surface area contributed by atoms with Gasteiger partial charge < -0.3 is 0 Å². The van der Waals surface area contributed by atoms with E-state index in [-0.39, 0.29) is 18.0 Å². The summed E-state index contributed by atoms with van der Waals surface area (Å²) in [6.07, 6.45) is 1.31. The van der Waals surface area contributed by atoms with Crippen molar-refractivity contribution in [3.63, 3.8) is 0 Å². The second kappa shape index (κ2) is 3.59. The van der Waals surface area contributed by atoms with E-state index < -0.39 is 0 Å². The van der Waals surface area contributed by atoms with Crippen molar-refractivity contribution in [3.8, 4) is 0 Å². The van der Waals surface area contributed by atoms with E-state index in [0.29, 0.717) is 4.88 Å². The second-order valence-corrected chi connectivity index (χ2v) is 3.64. The SMILES string of the molecule is O=C(Cn1cn[nH]c1=O)c1cccs1. The molecule has 6 heteroatoms. The third kappa shape index (κ3) is 1.64. The third-order valence-electron chi connectivity index (χ3n) is 1.73. The average Bonchev–Trinajstić information content (AvgIpc) is 2.77. The normalized spacial score (nSPS) is 10.3. The van der Waals surface area contributed by atoms with Gasteiger partial charge in [0.15, 0.2) is 5.78 Å². The molecule has 0 bridgehead atoms. The van der Waals surface area contributed by atoms with Gasteiger partial charge in [-0.25, -0.2) is 9.89 Å². The van der Waals surface area contributed by atoms with Crippen molar-refractivity contribution in [1.29, 1.82) is 0 Å². The first-order valence-corrected chi connectivity index (χ1v) is 4.82. The molecule has 2 aromatic rings. The van der Waals surface area contributed by atoms with Crippen LogP contribution in [0.3, 0.4) is 0 Å². The summed E-state index contributed by atoms with van der Waals surface area (Å²) in [6, 6.07) is 3.54.